The van der Waals surface area contributed by atoms with Gasteiger partial charge in [0, 0.05) is 18.9 Å². The third-order valence-electron chi connectivity index (χ3n) is 3.00. The van der Waals surface area contributed by atoms with Crippen LogP contribution in [0.4, 0.5) is 22.0 Å². The molecule has 1 fully saturated rings. The summed E-state index contributed by atoms with van der Waals surface area (Å²) in [5.74, 6) is -2.69. The minimum absolute atomic E-state index is 0.0516. The van der Waals surface area contributed by atoms with Gasteiger partial charge in [0.25, 0.3) is 0 Å². The van der Waals surface area contributed by atoms with E-state index < -0.39 is 42.8 Å². The molecule has 0 radical (unpaired) electrons. The Morgan fingerprint density at radius 3 is 1.83 bits per heavy atom. The molecule has 1 amide bonds. The molecule has 2 N–H and O–H groups in total. The lowest BCUT2D eigenvalue weighted by atomic mass is 9.94. The van der Waals surface area contributed by atoms with Crippen LogP contribution in [0.5, 0.6) is 0 Å². The monoisotopic (exact) mass is 402 g/mol. The topological polar surface area (TPSA) is 126 Å². The average molecular weight is 402 g/mol. The van der Waals surface area contributed by atoms with Gasteiger partial charge in [-0.15, -0.1) is 0 Å². The molecule has 0 aliphatic heterocycles. The quantitative estimate of drug-likeness (QED) is 0.623. The lowest BCUT2D eigenvalue weighted by Crippen LogP contribution is -2.55. The Hall–Kier alpha value is -1.35. The number of ketones is 1. The maximum Gasteiger partial charge on any atom is 0.512 e. The average Bonchev–Trinajstić information content (AvgIpc) is 2.38. The zero-order valence-corrected chi connectivity index (χ0v) is 13.2. The summed E-state index contributed by atoms with van der Waals surface area (Å²) >= 11 is 0. The second-order valence-corrected chi connectivity index (χ2v) is 8.50. The minimum atomic E-state index is -6.66. The van der Waals surface area contributed by atoms with E-state index in [1.165, 1.54) is 0 Å². The molecule has 8 nitrogen and oxygen atoms in total. The van der Waals surface area contributed by atoms with Crippen molar-refractivity contribution in [1.82, 2.24) is 9.44 Å². The molecule has 0 unspecified atom stereocenters. The predicted molar refractivity (Wildman–Crippen MR) is 67.4 cm³/mol. The first-order valence-corrected chi connectivity index (χ1v) is 9.11. The molecule has 1 aliphatic rings. The molecule has 24 heavy (non-hydrogen) atoms. The summed E-state index contributed by atoms with van der Waals surface area (Å²) in [6, 6.07) is -0.990. The lowest BCUT2D eigenvalue weighted by molar-refractivity contribution is -0.137. The summed E-state index contributed by atoms with van der Waals surface area (Å²) < 4.78 is 107. The van der Waals surface area contributed by atoms with Crippen molar-refractivity contribution in [2.24, 2.45) is 0 Å². The van der Waals surface area contributed by atoms with Gasteiger partial charge in [-0.25, -0.2) is 16.8 Å². The van der Waals surface area contributed by atoms with E-state index in [0.717, 1.165) is 0 Å². The number of halogens is 5. The van der Waals surface area contributed by atoms with Crippen molar-refractivity contribution < 1.29 is 48.4 Å². The highest BCUT2D eigenvalue weighted by Gasteiger charge is 2.58. The Bertz CT molecular complexity index is 720. The van der Waals surface area contributed by atoms with E-state index in [1.807, 2.05) is 0 Å². The molecule has 0 aromatic heterocycles. The highest BCUT2D eigenvalue weighted by molar-refractivity contribution is 8.05. The molecule has 0 heterocycles. The summed E-state index contributed by atoms with van der Waals surface area (Å²) in [5, 5.41) is -3.91. The second-order valence-electron chi connectivity index (χ2n) is 4.84. The van der Waals surface area contributed by atoms with Gasteiger partial charge in [-0.2, -0.15) is 22.0 Å². The molecule has 0 atom stereocenters. The smallest absolute Gasteiger partial charge is 0.347 e. The van der Waals surface area contributed by atoms with Crippen LogP contribution in [0.15, 0.2) is 0 Å². The maximum atomic E-state index is 13.6. The maximum absolute atomic E-state index is 13.6. The van der Waals surface area contributed by atoms with E-state index in [4.69, 9.17) is 0 Å². The van der Waals surface area contributed by atoms with Gasteiger partial charge in [-0.3, -0.25) is 9.59 Å². The van der Waals surface area contributed by atoms with E-state index in [2.05, 4.69) is 0 Å². The van der Waals surface area contributed by atoms with Gasteiger partial charge in [0.2, 0.25) is 0 Å². The fourth-order valence-electron chi connectivity index (χ4n) is 1.72. The normalized spacial score (nSPS) is 18.5. The van der Waals surface area contributed by atoms with Crippen LogP contribution in [0.3, 0.4) is 0 Å². The SMILES string of the molecule is O=C1CCC(NC(=O)C(F)(F)S(=O)(=O)NS(=O)(=O)C(F)(F)F)CC1. The Labute approximate surface area is 132 Å². The number of hydrogen-bond acceptors (Lipinski definition) is 6. The van der Waals surface area contributed by atoms with Crippen molar-refractivity contribution in [1.29, 1.82) is 0 Å². The van der Waals surface area contributed by atoms with Crippen molar-refractivity contribution in [3.05, 3.63) is 0 Å². The van der Waals surface area contributed by atoms with Crippen LogP contribution in [0.25, 0.3) is 0 Å². The first-order valence-electron chi connectivity index (χ1n) is 6.15. The summed E-state index contributed by atoms with van der Waals surface area (Å²) in [5.41, 5.74) is -6.17. The zero-order valence-electron chi connectivity index (χ0n) is 11.6. The second kappa shape index (κ2) is 6.51. The van der Waals surface area contributed by atoms with Gasteiger partial charge < -0.3 is 5.32 Å². The predicted octanol–water partition coefficient (Wildman–Crippen LogP) is -0.0239. The summed E-state index contributed by atoms with van der Waals surface area (Å²) in [7, 11) is -13.2. The third kappa shape index (κ3) is 4.38. The van der Waals surface area contributed by atoms with Crippen LogP contribution in [0.1, 0.15) is 25.7 Å². The van der Waals surface area contributed by atoms with E-state index in [-0.39, 0.29) is 35.6 Å². The van der Waals surface area contributed by atoms with E-state index in [9.17, 15) is 48.4 Å². The number of amides is 1. The molecular weight excluding hydrogens is 391 g/mol. The Morgan fingerprint density at radius 1 is 0.958 bits per heavy atom. The van der Waals surface area contributed by atoms with Crippen molar-refractivity contribution in [3.8, 4) is 0 Å². The fraction of sp³-hybridized carbons (Fsp3) is 0.778. The third-order valence-corrected chi connectivity index (χ3v) is 6.23. The molecule has 1 rings (SSSR count). The van der Waals surface area contributed by atoms with Crippen molar-refractivity contribution in [2.75, 3.05) is 0 Å². The van der Waals surface area contributed by atoms with Crippen LogP contribution in [-0.4, -0.2) is 45.3 Å². The molecule has 1 saturated carbocycles. The minimum Gasteiger partial charge on any atom is -0.347 e. The highest BCUT2D eigenvalue weighted by Crippen LogP contribution is 2.27. The molecule has 140 valence electrons. The number of nitrogens with one attached hydrogen (secondary N) is 2. The van der Waals surface area contributed by atoms with Crippen LogP contribution in [0, 0.1) is 0 Å². The number of alkyl halides is 5. The molecule has 0 aromatic rings. The molecule has 1 aliphatic carbocycles. The Balaban J connectivity index is 2.92. The van der Waals surface area contributed by atoms with E-state index in [1.54, 1.807) is 5.32 Å². The number of carbonyl (C=O) groups excluding carboxylic acids is 2. The summed E-state index contributed by atoms with van der Waals surface area (Å²) in [6.45, 7) is 0. The van der Waals surface area contributed by atoms with Gasteiger partial charge in [0.15, 0.2) is 0 Å². The van der Waals surface area contributed by atoms with Crippen molar-refractivity contribution in [2.45, 2.75) is 42.5 Å². The van der Waals surface area contributed by atoms with Gasteiger partial charge >= 0.3 is 36.7 Å². The van der Waals surface area contributed by atoms with Gasteiger partial charge in [-0.1, -0.05) is 4.13 Å². The van der Waals surface area contributed by atoms with Crippen LogP contribution in [0.2, 0.25) is 0 Å². The molecule has 0 aromatic carbocycles. The van der Waals surface area contributed by atoms with Crippen molar-refractivity contribution >= 4 is 31.7 Å². The number of hydrogen-bond donors (Lipinski definition) is 2. The van der Waals surface area contributed by atoms with E-state index in [0.29, 0.717) is 0 Å². The van der Waals surface area contributed by atoms with Crippen LogP contribution < -0.4 is 9.44 Å². The standard InChI is InChI=1S/C9H11F5N2O6S2/c10-8(11,7(18)15-5-1-3-6(17)4-2-5)23(19,20)16-24(21,22)9(12,13)14/h5,16H,1-4H2,(H,15,18). The highest BCUT2D eigenvalue weighted by atomic mass is 32.3. The van der Waals surface area contributed by atoms with Crippen LogP contribution >= 0.6 is 0 Å². The fourth-order valence-corrected chi connectivity index (χ4v) is 3.97. The lowest BCUT2D eigenvalue weighted by Gasteiger charge is -2.24. The number of Topliss-reactive ketones (excluding diaryl/α,β-unsaturated/α-hetero) is 1. The van der Waals surface area contributed by atoms with Crippen LogP contribution in [-0.2, 0) is 29.6 Å². The summed E-state index contributed by atoms with van der Waals surface area (Å²) in [6.07, 6.45) is -0.224. The van der Waals surface area contributed by atoms with Gasteiger partial charge in [-0.05, 0) is 12.8 Å². The Kier molecular flexibility index (Phi) is 5.62. The van der Waals surface area contributed by atoms with Gasteiger partial charge in [0.1, 0.15) is 5.78 Å². The van der Waals surface area contributed by atoms with E-state index >= 15 is 0 Å². The van der Waals surface area contributed by atoms with Gasteiger partial charge in [0.05, 0.1) is 0 Å². The summed E-state index contributed by atoms with van der Waals surface area (Å²) in [4.78, 5) is 22.3. The molecule has 0 spiro atoms. The number of sulfonamides is 2. The first-order chi connectivity index (χ1) is 10.6. The first kappa shape index (κ1) is 20.7. The molecule has 15 heteroatoms. The largest absolute Gasteiger partial charge is 0.512 e. The molecule has 0 bridgehead atoms. The number of rotatable bonds is 5. The molecular formula is C9H11F5N2O6S2. The molecule has 0 saturated heterocycles. The zero-order chi connectivity index (χ0) is 19.0. The Morgan fingerprint density at radius 2 is 1.42 bits per heavy atom. The van der Waals surface area contributed by atoms with Crippen molar-refractivity contribution in [3.63, 3.8) is 0 Å². The number of carbonyl (C=O) groups is 2.